The molecule has 102 valence electrons. The third-order valence-electron chi connectivity index (χ3n) is 3.24. The van der Waals surface area contributed by atoms with Crippen molar-refractivity contribution in [3.63, 3.8) is 0 Å². The van der Waals surface area contributed by atoms with Crippen molar-refractivity contribution in [1.29, 1.82) is 0 Å². The highest BCUT2D eigenvalue weighted by atomic mass is 28.3. The fraction of sp³-hybridized carbons (Fsp3) is 0.235. The summed E-state index contributed by atoms with van der Waals surface area (Å²) in [6.45, 7) is 7.11. The molecular weight excluding hydrogens is 262 g/mol. The Kier molecular flexibility index (Phi) is 3.22. The highest BCUT2D eigenvalue weighted by Gasteiger charge is 2.23. The van der Waals surface area contributed by atoms with Gasteiger partial charge in [0.2, 0.25) is 0 Å². The Balaban J connectivity index is 2.16. The summed E-state index contributed by atoms with van der Waals surface area (Å²) in [5.74, 6) is 1.75. The number of aliphatic imine (C=N–C) groups is 1. The maximum absolute atomic E-state index is 6.05. The average Bonchev–Trinajstić information content (AvgIpc) is 2.53. The molecule has 0 atom stereocenters. The lowest BCUT2D eigenvalue weighted by Gasteiger charge is -2.17. The van der Waals surface area contributed by atoms with Crippen molar-refractivity contribution in [2.75, 3.05) is 0 Å². The molecule has 0 radical (unpaired) electrons. The number of para-hydroxylation sites is 3. The molecule has 1 aliphatic rings. The largest absolute Gasteiger partial charge is 0.454 e. The molecule has 0 saturated heterocycles. The second-order valence-corrected chi connectivity index (χ2v) is 11.8. The van der Waals surface area contributed by atoms with E-state index >= 15 is 0 Å². The Labute approximate surface area is 121 Å². The molecule has 0 amide bonds. The second kappa shape index (κ2) is 4.91. The molecule has 0 aliphatic carbocycles. The summed E-state index contributed by atoms with van der Waals surface area (Å²) in [5.41, 5.74) is 3.22. The summed E-state index contributed by atoms with van der Waals surface area (Å²) >= 11 is 0. The molecule has 0 bridgehead atoms. The van der Waals surface area contributed by atoms with Crippen molar-refractivity contribution in [2.45, 2.75) is 25.7 Å². The van der Waals surface area contributed by atoms with E-state index in [9.17, 15) is 0 Å². The zero-order chi connectivity index (χ0) is 14.2. The van der Waals surface area contributed by atoms with Crippen molar-refractivity contribution in [3.8, 4) is 11.5 Å². The first-order chi connectivity index (χ1) is 9.53. The van der Waals surface area contributed by atoms with Gasteiger partial charge in [-0.2, -0.15) is 0 Å². The van der Waals surface area contributed by atoms with E-state index in [1.807, 2.05) is 36.4 Å². The molecule has 3 rings (SSSR count). The van der Waals surface area contributed by atoms with E-state index in [1.54, 1.807) is 0 Å². The molecular formula is C17H19NOSi. The van der Waals surface area contributed by atoms with E-state index < -0.39 is 8.07 Å². The van der Waals surface area contributed by atoms with E-state index in [2.05, 4.69) is 31.8 Å². The SMILES string of the molecule is C[Si](C)(C)CC1=Nc2ccccc2Oc2ccccc21. The summed E-state index contributed by atoms with van der Waals surface area (Å²) in [6, 6.07) is 17.3. The fourth-order valence-corrected chi connectivity index (χ4v) is 3.67. The number of nitrogens with zero attached hydrogens (tertiary/aromatic N) is 1. The van der Waals surface area contributed by atoms with Crippen LogP contribution < -0.4 is 4.74 Å². The predicted octanol–water partition coefficient (Wildman–Crippen LogP) is 5.25. The van der Waals surface area contributed by atoms with E-state index in [1.165, 1.54) is 0 Å². The molecule has 1 aliphatic heterocycles. The van der Waals surface area contributed by atoms with Gasteiger partial charge in [-0.05, 0) is 30.3 Å². The number of fused-ring (bicyclic) bond motifs is 2. The van der Waals surface area contributed by atoms with Crippen LogP contribution in [0.3, 0.4) is 0 Å². The van der Waals surface area contributed by atoms with Crippen LogP contribution in [0.25, 0.3) is 0 Å². The number of benzene rings is 2. The highest BCUT2D eigenvalue weighted by Crippen LogP contribution is 2.38. The Bertz CT molecular complexity index is 671. The fourth-order valence-electron chi connectivity index (χ4n) is 2.39. The van der Waals surface area contributed by atoms with Crippen molar-refractivity contribution in [3.05, 3.63) is 54.1 Å². The van der Waals surface area contributed by atoms with E-state index in [4.69, 9.17) is 9.73 Å². The molecule has 2 nitrogen and oxygen atoms in total. The minimum absolute atomic E-state index is 0.838. The molecule has 1 heterocycles. The van der Waals surface area contributed by atoms with Crippen LogP contribution in [0, 0.1) is 0 Å². The van der Waals surface area contributed by atoms with E-state index in [0.717, 1.165) is 34.5 Å². The van der Waals surface area contributed by atoms with Gasteiger partial charge in [-0.3, -0.25) is 0 Å². The van der Waals surface area contributed by atoms with Crippen LogP contribution in [0.4, 0.5) is 5.69 Å². The molecule has 3 heteroatoms. The summed E-state index contributed by atoms with van der Waals surface area (Å²) in [5, 5.41) is 0. The summed E-state index contributed by atoms with van der Waals surface area (Å²) < 4.78 is 6.05. The van der Waals surface area contributed by atoms with Gasteiger partial charge in [0.05, 0.1) is 8.07 Å². The molecule has 0 N–H and O–H groups in total. The van der Waals surface area contributed by atoms with Gasteiger partial charge < -0.3 is 4.74 Å². The Morgan fingerprint density at radius 2 is 1.55 bits per heavy atom. The van der Waals surface area contributed by atoms with Gasteiger partial charge in [0.15, 0.2) is 5.75 Å². The van der Waals surface area contributed by atoms with Crippen molar-refractivity contribution < 1.29 is 4.74 Å². The Morgan fingerprint density at radius 1 is 0.900 bits per heavy atom. The van der Waals surface area contributed by atoms with E-state index in [0.29, 0.717) is 0 Å². The standard InChI is InChI=1S/C17H19NOSi/c1-20(2,3)12-15-13-8-4-6-10-16(13)19-17-11-7-5-9-14(17)18-15/h4-11H,12H2,1-3H3. The van der Waals surface area contributed by atoms with Gasteiger partial charge in [-0.15, -0.1) is 0 Å². The van der Waals surface area contributed by atoms with Gasteiger partial charge in [0.25, 0.3) is 0 Å². The maximum Gasteiger partial charge on any atom is 0.153 e. The number of ether oxygens (including phenoxy) is 1. The number of rotatable bonds is 2. The zero-order valence-electron chi connectivity index (χ0n) is 12.2. The molecule has 0 aromatic heterocycles. The first-order valence-corrected chi connectivity index (χ1v) is 10.7. The van der Waals surface area contributed by atoms with Gasteiger partial charge in [-0.25, -0.2) is 4.99 Å². The second-order valence-electron chi connectivity index (χ2n) is 6.36. The molecule has 0 fully saturated rings. The minimum Gasteiger partial charge on any atom is -0.454 e. The van der Waals surface area contributed by atoms with Crippen LogP contribution in [0.5, 0.6) is 11.5 Å². The van der Waals surface area contributed by atoms with Gasteiger partial charge >= 0.3 is 0 Å². The Morgan fingerprint density at radius 3 is 2.30 bits per heavy atom. The lowest BCUT2D eigenvalue weighted by Crippen LogP contribution is -2.24. The van der Waals surface area contributed by atoms with Crippen LogP contribution in [-0.4, -0.2) is 13.8 Å². The molecule has 2 aromatic carbocycles. The zero-order valence-corrected chi connectivity index (χ0v) is 13.2. The lowest BCUT2D eigenvalue weighted by atomic mass is 10.1. The first kappa shape index (κ1) is 13.1. The van der Waals surface area contributed by atoms with E-state index in [-0.39, 0.29) is 0 Å². The summed E-state index contributed by atoms with van der Waals surface area (Å²) in [7, 11) is -1.24. The molecule has 0 unspecified atom stereocenters. The summed E-state index contributed by atoms with van der Waals surface area (Å²) in [6.07, 6.45) is 0. The van der Waals surface area contributed by atoms with Crippen molar-refractivity contribution >= 4 is 19.5 Å². The normalized spacial score (nSPS) is 13.7. The Hall–Kier alpha value is -1.87. The van der Waals surface area contributed by atoms with Gasteiger partial charge in [-0.1, -0.05) is 43.9 Å². The summed E-state index contributed by atoms with van der Waals surface area (Å²) in [4.78, 5) is 4.89. The van der Waals surface area contributed by atoms with Crippen LogP contribution in [0.15, 0.2) is 53.5 Å². The van der Waals surface area contributed by atoms with Gasteiger partial charge in [0, 0.05) is 11.3 Å². The maximum atomic E-state index is 6.05. The third-order valence-corrected chi connectivity index (χ3v) is 4.63. The average molecular weight is 281 g/mol. The quantitative estimate of drug-likeness (QED) is 0.689. The topological polar surface area (TPSA) is 21.6 Å². The first-order valence-electron chi connectivity index (χ1n) is 6.97. The number of hydrogen-bond acceptors (Lipinski definition) is 2. The van der Waals surface area contributed by atoms with Crippen LogP contribution in [-0.2, 0) is 0 Å². The van der Waals surface area contributed by atoms with Crippen LogP contribution in [0.1, 0.15) is 5.56 Å². The highest BCUT2D eigenvalue weighted by molar-refractivity contribution is 6.79. The number of hydrogen-bond donors (Lipinski definition) is 0. The molecule has 20 heavy (non-hydrogen) atoms. The van der Waals surface area contributed by atoms with Crippen molar-refractivity contribution in [2.24, 2.45) is 4.99 Å². The van der Waals surface area contributed by atoms with Crippen LogP contribution in [0.2, 0.25) is 25.7 Å². The monoisotopic (exact) mass is 281 g/mol. The third kappa shape index (κ3) is 2.68. The smallest absolute Gasteiger partial charge is 0.153 e. The van der Waals surface area contributed by atoms with Gasteiger partial charge in [0.1, 0.15) is 11.4 Å². The molecule has 0 spiro atoms. The van der Waals surface area contributed by atoms with Crippen LogP contribution >= 0.6 is 0 Å². The minimum atomic E-state index is -1.24. The molecule has 2 aromatic rings. The lowest BCUT2D eigenvalue weighted by molar-refractivity contribution is 0.485. The molecule has 0 saturated carbocycles. The predicted molar refractivity (Wildman–Crippen MR) is 87.3 cm³/mol. The van der Waals surface area contributed by atoms with Crippen molar-refractivity contribution in [1.82, 2.24) is 0 Å².